The van der Waals surface area contributed by atoms with Gasteiger partial charge in [0.15, 0.2) is 0 Å². The van der Waals surface area contributed by atoms with Gasteiger partial charge in [-0.25, -0.2) is 0 Å². The molecular formula is C45H84N12O13. The number of carbonyl (C=O) groups excluding carboxylic acids is 9. The van der Waals surface area contributed by atoms with Gasteiger partial charge in [-0.05, 0) is 110 Å². The van der Waals surface area contributed by atoms with Crippen molar-refractivity contribution in [2.24, 2.45) is 35.0 Å². The van der Waals surface area contributed by atoms with Gasteiger partial charge in [-0.1, -0.05) is 41.5 Å². The van der Waals surface area contributed by atoms with Crippen molar-refractivity contribution >= 4 is 59.1 Å². The number of aliphatic hydroxyl groups excluding tert-OH is 2. The van der Waals surface area contributed by atoms with Crippen LogP contribution in [0, 0.1) is 17.8 Å². The average Bonchev–Trinajstić information content (AvgIpc) is 3.27. The molecule has 0 spiro atoms. The van der Waals surface area contributed by atoms with E-state index in [-0.39, 0.29) is 44.1 Å². The quantitative estimate of drug-likeness (QED) is 0.0275. The maximum absolute atomic E-state index is 14.0. The lowest BCUT2D eigenvalue weighted by Crippen LogP contribution is -2.61. The first-order valence-corrected chi connectivity index (χ1v) is 24.0. The van der Waals surface area contributed by atoms with E-state index < -0.39 is 138 Å². The minimum absolute atomic E-state index is 0.0407. The van der Waals surface area contributed by atoms with Crippen molar-refractivity contribution in [1.29, 1.82) is 0 Å². The van der Waals surface area contributed by atoms with Crippen LogP contribution in [-0.2, 0) is 47.9 Å². The van der Waals surface area contributed by atoms with Crippen LogP contribution in [0.2, 0.25) is 0 Å². The fourth-order valence-electron chi connectivity index (χ4n) is 6.72. The van der Waals surface area contributed by atoms with Crippen LogP contribution in [0.15, 0.2) is 0 Å². The average molecular weight is 1000 g/mol. The van der Waals surface area contributed by atoms with Crippen LogP contribution in [-0.4, -0.2) is 161 Å². The van der Waals surface area contributed by atoms with Crippen molar-refractivity contribution < 1.29 is 63.3 Å². The van der Waals surface area contributed by atoms with E-state index in [9.17, 15) is 63.3 Å². The molecular weight excluding hydrogens is 917 g/mol. The number of unbranched alkanes of at least 4 members (excludes halogenated alkanes) is 2. The Morgan fingerprint density at radius 1 is 0.429 bits per heavy atom. The molecule has 0 aromatic heterocycles. The zero-order chi connectivity index (χ0) is 54.0. The topological polar surface area (TPSA) is 418 Å². The van der Waals surface area contributed by atoms with Crippen molar-refractivity contribution in [3.05, 3.63) is 0 Å². The Kier molecular flexibility index (Phi) is 30.5. The summed E-state index contributed by atoms with van der Waals surface area (Å²) in [6, 6.07) is -12.7. The van der Waals surface area contributed by atoms with Gasteiger partial charge in [0, 0.05) is 0 Å². The summed E-state index contributed by atoms with van der Waals surface area (Å²) in [6.45, 7) is 15.6. The highest BCUT2D eigenvalue weighted by Gasteiger charge is 2.35. The lowest BCUT2D eigenvalue weighted by atomic mass is 9.99. The molecule has 0 saturated carbocycles. The minimum Gasteiger partial charge on any atom is -0.480 e. The van der Waals surface area contributed by atoms with Crippen LogP contribution >= 0.6 is 0 Å². The van der Waals surface area contributed by atoms with Crippen molar-refractivity contribution in [2.75, 3.05) is 19.7 Å². The van der Waals surface area contributed by atoms with E-state index >= 15 is 0 Å². The lowest BCUT2D eigenvalue weighted by molar-refractivity contribution is -0.142. The third-order valence-electron chi connectivity index (χ3n) is 10.9. The summed E-state index contributed by atoms with van der Waals surface area (Å²) in [5.74, 6) is -9.26. The highest BCUT2D eigenvalue weighted by Crippen LogP contribution is 2.12. The van der Waals surface area contributed by atoms with Gasteiger partial charge in [0.05, 0.1) is 12.7 Å². The predicted molar refractivity (Wildman–Crippen MR) is 258 cm³/mol. The van der Waals surface area contributed by atoms with Gasteiger partial charge in [-0.2, -0.15) is 0 Å². The van der Waals surface area contributed by atoms with E-state index in [1.807, 2.05) is 13.8 Å². The lowest BCUT2D eigenvalue weighted by Gasteiger charge is -2.29. The first-order chi connectivity index (χ1) is 32.6. The molecule has 0 aromatic rings. The number of hydrogen-bond donors (Lipinski definition) is 15. The van der Waals surface area contributed by atoms with Crippen molar-refractivity contribution in [3.8, 4) is 0 Å². The summed E-state index contributed by atoms with van der Waals surface area (Å²) in [7, 11) is 0. The summed E-state index contributed by atoms with van der Waals surface area (Å²) < 4.78 is 0. The molecule has 0 unspecified atom stereocenters. The minimum atomic E-state index is -1.58. The Morgan fingerprint density at radius 2 is 0.771 bits per heavy atom. The number of aliphatic hydroxyl groups is 2. The monoisotopic (exact) mass is 1000 g/mol. The molecule has 18 N–H and O–H groups in total. The summed E-state index contributed by atoms with van der Waals surface area (Å²) in [5.41, 5.74) is 16.9. The number of nitrogens with one attached hydrogen (secondary N) is 9. The Labute approximate surface area is 411 Å². The number of carboxylic acid groups (broad SMARTS) is 1. The fraction of sp³-hybridized carbons (Fsp3) is 0.778. The second-order valence-corrected chi connectivity index (χ2v) is 18.8. The molecule has 0 heterocycles. The van der Waals surface area contributed by atoms with Crippen LogP contribution < -0.4 is 65.1 Å². The Bertz CT molecular complexity index is 1730. The molecule has 25 nitrogen and oxygen atoms in total. The molecule has 0 bridgehead atoms. The van der Waals surface area contributed by atoms with Gasteiger partial charge in [0.1, 0.15) is 60.4 Å². The van der Waals surface area contributed by atoms with Crippen molar-refractivity contribution in [2.45, 2.75) is 187 Å². The summed E-state index contributed by atoms with van der Waals surface area (Å²) in [5, 5.41) is 51.4. The molecule has 0 aromatic carbocycles. The van der Waals surface area contributed by atoms with E-state index in [1.54, 1.807) is 27.7 Å². The van der Waals surface area contributed by atoms with Crippen LogP contribution in [0.4, 0.5) is 0 Å². The number of carbonyl (C=O) groups is 10. The molecule has 25 heteroatoms. The smallest absolute Gasteiger partial charge is 0.325 e. The molecule has 0 aliphatic heterocycles. The number of aliphatic carboxylic acids is 1. The third kappa shape index (κ3) is 24.4. The zero-order valence-corrected chi connectivity index (χ0v) is 42.5. The van der Waals surface area contributed by atoms with E-state index in [2.05, 4.69) is 47.9 Å². The summed E-state index contributed by atoms with van der Waals surface area (Å²) >= 11 is 0. The molecule has 402 valence electrons. The van der Waals surface area contributed by atoms with E-state index in [0.29, 0.717) is 32.2 Å². The van der Waals surface area contributed by atoms with Gasteiger partial charge in [0.25, 0.3) is 0 Å². The molecule has 0 radical (unpaired) electrons. The second-order valence-electron chi connectivity index (χ2n) is 18.8. The molecule has 9 amide bonds. The van der Waals surface area contributed by atoms with Crippen LogP contribution in [0.3, 0.4) is 0 Å². The zero-order valence-electron chi connectivity index (χ0n) is 42.5. The molecule has 0 aliphatic rings. The van der Waals surface area contributed by atoms with Crippen LogP contribution in [0.25, 0.3) is 0 Å². The Hall–Kier alpha value is -5.50. The normalized spacial score (nSPS) is 16.1. The van der Waals surface area contributed by atoms with E-state index in [4.69, 9.17) is 17.2 Å². The maximum atomic E-state index is 14.0. The van der Waals surface area contributed by atoms with Crippen molar-refractivity contribution in [3.63, 3.8) is 0 Å². The molecule has 11 atom stereocenters. The SMILES string of the molecule is CC(C)C[C@H](NC(=O)[C@@H](NC(=O)[C@H](CCCCN)NC(=O)[C@H](C)NC(=O)[C@H](CC(C)C)NC(=O)[C@@H](N)CO)C(C)C)C(=O)N[C@@H](C)C(=O)N[C@@H](CCCCN)C(=O)N[C@H](C(=O)N[C@@H](C)C(=O)O)[C@@H](C)O. The standard InChI is InChI=1S/C45H84N12O13/c1-22(2)19-32(54-38(62)29(48)21-58)41(65)49-25(7)36(60)52-30(15-11-13-17-46)39(63)56-34(24(5)6)43(67)55-33(20-23(3)4)42(66)50-26(8)37(61)53-31(16-12-14-18-47)40(64)57-35(28(10)59)44(68)51-27(9)45(69)70/h22-35,58-59H,11-21,46-48H2,1-10H3,(H,49,65)(H,50,66)(H,51,68)(H,52,60)(H,53,61)(H,54,62)(H,55,67)(H,56,63)(H,57,64)(H,69,70)/t25-,26-,27-,28+,29-,30-,31-,32-,33-,34-,35-/m0/s1. The molecule has 0 fully saturated rings. The van der Waals surface area contributed by atoms with E-state index in [0.717, 1.165) is 0 Å². The highest BCUT2D eigenvalue weighted by atomic mass is 16.4. The summed E-state index contributed by atoms with van der Waals surface area (Å²) in [4.78, 5) is 132. The van der Waals surface area contributed by atoms with Gasteiger partial charge < -0.3 is 80.4 Å². The first kappa shape index (κ1) is 64.5. The van der Waals surface area contributed by atoms with Gasteiger partial charge in [0.2, 0.25) is 53.2 Å². The number of nitrogens with two attached hydrogens (primary N) is 3. The molecule has 0 saturated heterocycles. The van der Waals surface area contributed by atoms with Gasteiger partial charge in [-0.15, -0.1) is 0 Å². The Balaban J connectivity index is 6.22. The Morgan fingerprint density at radius 3 is 1.11 bits per heavy atom. The second kappa shape index (κ2) is 33.2. The summed E-state index contributed by atoms with van der Waals surface area (Å²) in [6.07, 6.45) is 0.675. The van der Waals surface area contributed by atoms with Crippen molar-refractivity contribution in [1.82, 2.24) is 47.9 Å². The number of rotatable bonds is 34. The van der Waals surface area contributed by atoms with Gasteiger partial charge >= 0.3 is 5.97 Å². The largest absolute Gasteiger partial charge is 0.480 e. The first-order valence-electron chi connectivity index (χ1n) is 24.0. The van der Waals surface area contributed by atoms with Crippen LogP contribution in [0.5, 0.6) is 0 Å². The molecule has 70 heavy (non-hydrogen) atoms. The third-order valence-corrected chi connectivity index (χ3v) is 10.9. The number of amides is 9. The number of carboxylic acids is 1. The fourth-order valence-corrected chi connectivity index (χ4v) is 6.72. The number of hydrogen-bond acceptors (Lipinski definition) is 15. The predicted octanol–water partition coefficient (Wildman–Crippen LogP) is -3.80. The maximum Gasteiger partial charge on any atom is 0.325 e. The molecule has 0 aliphatic carbocycles. The molecule has 0 rings (SSSR count). The highest BCUT2D eigenvalue weighted by molar-refractivity contribution is 5.98. The van der Waals surface area contributed by atoms with E-state index in [1.165, 1.54) is 27.7 Å². The van der Waals surface area contributed by atoms with Gasteiger partial charge in [-0.3, -0.25) is 47.9 Å². The van der Waals surface area contributed by atoms with Crippen LogP contribution in [0.1, 0.15) is 121 Å².